The van der Waals surface area contributed by atoms with Crippen molar-refractivity contribution in [3.05, 3.63) is 0 Å². The highest BCUT2D eigenvalue weighted by Gasteiger charge is 2.50. The molecule has 2 saturated carbocycles. The number of hydrogen-bond donors (Lipinski definition) is 0. The van der Waals surface area contributed by atoms with Gasteiger partial charge in [-0.1, -0.05) is 19.3 Å². The van der Waals surface area contributed by atoms with Crippen LogP contribution in [0.4, 0.5) is 0 Å². The minimum absolute atomic E-state index is 0.0466. The van der Waals surface area contributed by atoms with E-state index >= 15 is 0 Å². The Morgan fingerprint density at radius 1 is 1.07 bits per heavy atom. The number of hydrogen-bond acceptors (Lipinski definition) is 2. The number of rotatable bonds is 2. The molecular formula is C11H18O2S. The van der Waals surface area contributed by atoms with Gasteiger partial charge in [-0.05, 0) is 37.5 Å². The molecule has 0 amide bonds. The molecule has 3 atom stereocenters. The standard InChI is InChI=1S/C11H18O2S/c12-14(13)10(6-8-4-5-8)7-9-2-1-3-11(9)14/h8-11H,1-7H2/t9?,10-,11?/m0/s1. The summed E-state index contributed by atoms with van der Waals surface area (Å²) in [5.41, 5.74) is 0. The summed E-state index contributed by atoms with van der Waals surface area (Å²) < 4.78 is 24.3. The zero-order valence-corrected chi connectivity index (χ0v) is 9.30. The maximum Gasteiger partial charge on any atom is 0.156 e. The van der Waals surface area contributed by atoms with E-state index < -0.39 is 9.84 Å². The second-order valence-corrected chi connectivity index (χ2v) is 7.81. The molecule has 2 nitrogen and oxygen atoms in total. The molecule has 2 unspecified atom stereocenters. The predicted molar refractivity (Wildman–Crippen MR) is 55.8 cm³/mol. The molecule has 0 N–H and O–H groups in total. The van der Waals surface area contributed by atoms with E-state index in [1.165, 1.54) is 19.3 Å². The molecule has 80 valence electrons. The summed E-state index contributed by atoms with van der Waals surface area (Å²) in [6, 6.07) is 0. The normalized spacial score (nSPS) is 45.3. The lowest BCUT2D eigenvalue weighted by Gasteiger charge is -2.11. The maximum absolute atomic E-state index is 12.1. The van der Waals surface area contributed by atoms with Crippen molar-refractivity contribution in [2.75, 3.05) is 0 Å². The SMILES string of the molecule is O=S1(=O)C2CCCC2C[C@@H]1CC1CC1. The summed E-state index contributed by atoms with van der Waals surface area (Å²) in [6.07, 6.45) is 7.80. The van der Waals surface area contributed by atoms with Gasteiger partial charge in [-0.25, -0.2) is 8.42 Å². The van der Waals surface area contributed by atoms with Crippen LogP contribution >= 0.6 is 0 Å². The Balaban J connectivity index is 1.80. The van der Waals surface area contributed by atoms with E-state index in [0.717, 1.165) is 31.6 Å². The van der Waals surface area contributed by atoms with Gasteiger partial charge in [0.1, 0.15) is 0 Å². The van der Waals surface area contributed by atoms with Crippen LogP contribution in [0.1, 0.15) is 44.9 Å². The van der Waals surface area contributed by atoms with Gasteiger partial charge < -0.3 is 0 Å². The van der Waals surface area contributed by atoms with E-state index in [-0.39, 0.29) is 10.5 Å². The fourth-order valence-corrected chi connectivity index (χ4v) is 6.21. The van der Waals surface area contributed by atoms with Gasteiger partial charge in [-0.15, -0.1) is 0 Å². The van der Waals surface area contributed by atoms with Crippen molar-refractivity contribution in [1.82, 2.24) is 0 Å². The van der Waals surface area contributed by atoms with Crippen LogP contribution in [0.5, 0.6) is 0 Å². The Bertz CT molecular complexity index is 329. The van der Waals surface area contributed by atoms with Crippen LogP contribution in [0.2, 0.25) is 0 Å². The predicted octanol–water partition coefficient (Wildman–Crippen LogP) is 2.14. The molecule has 3 aliphatic rings. The lowest BCUT2D eigenvalue weighted by Crippen LogP contribution is -2.23. The molecule has 1 aliphatic heterocycles. The molecule has 1 heterocycles. The maximum atomic E-state index is 12.1. The first kappa shape index (κ1) is 9.20. The van der Waals surface area contributed by atoms with E-state index in [9.17, 15) is 8.42 Å². The van der Waals surface area contributed by atoms with E-state index in [1.54, 1.807) is 0 Å². The minimum Gasteiger partial charge on any atom is -0.228 e. The van der Waals surface area contributed by atoms with Crippen molar-refractivity contribution in [3.63, 3.8) is 0 Å². The molecule has 0 radical (unpaired) electrons. The van der Waals surface area contributed by atoms with Crippen molar-refractivity contribution in [2.45, 2.75) is 55.4 Å². The molecule has 3 heteroatoms. The van der Waals surface area contributed by atoms with Crippen LogP contribution in [0.25, 0.3) is 0 Å². The molecule has 1 saturated heterocycles. The molecule has 0 bridgehead atoms. The van der Waals surface area contributed by atoms with Crippen molar-refractivity contribution >= 4 is 9.84 Å². The number of fused-ring (bicyclic) bond motifs is 1. The largest absolute Gasteiger partial charge is 0.228 e. The van der Waals surface area contributed by atoms with Crippen molar-refractivity contribution < 1.29 is 8.42 Å². The first-order valence-electron chi connectivity index (χ1n) is 5.90. The molecule has 3 fully saturated rings. The highest BCUT2D eigenvalue weighted by molar-refractivity contribution is 7.92. The highest BCUT2D eigenvalue weighted by Crippen LogP contribution is 2.47. The fourth-order valence-electron chi connectivity index (χ4n) is 3.38. The quantitative estimate of drug-likeness (QED) is 0.705. The van der Waals surface area contributed by atoms with Crippen LogP contribution in [-0.2, 0) is 9.84 Å². The topological polar surface area (TPSA) is 34.1 Å². The first-order chi connectivity index (χ1) is 6.68. The van der Waals surface area contributed by atoms with E-state index in [4.69, 9.17) is 0 Å². The van der Waals surface area contributed by atoms with Gasteiger partial charge in [0.25, 0.3) is 0 Å². The molecule has 0 spiro atoms. The Hall–Kier alpha value is -0.0500. The third kappa shape index (κ3) is 1.32. The third-order valence-electron chi connectivity index (χ3n) is 4.33. The van der Waals surface area contributed by atoms with Crippen LogP contribution in [-0.4, -0.2) is 18.9 Å². The average Bonchev–Trinajstić information content (AvgIpc) is 2.74. The lowest BCUT2D eigenvalue weighted by molar-refractivity contribution is 0.510. The summed E-state index contributed by atoms with van der Waals surface area (Å²) in [7, 11) is -2.72. The highest BCUT2D eigenvalue weighted by atomic mass is 32.2. The lowest BCUT2D eigenvalue weighted by atomic mass is 10.00. The monoisotopic (exact) mass is 214 g/mol. The van der Waals surface area contributed by atoms with Gasteiger partial charge in [-0.2, -0.15) is 0 Å². The van der Waals surface area contributed by atoms with Crippen molar-refractivity contribution in [2.24, 2.45) is 11.8 Å². The summed E-state index contributed by atoms with van der Waals surface area (Å²) >= 11 is 0. The van der Waals surface area contributed by atoms with Crippen LogP contribution in [0.3, 0.4) is 0 Å². The Kier molecular flexibility index (Phi) is 1.95. The molecule has 0 aromatic rings. The Morgan fingerprint density at radius 3 is 2.50 bits per heavy atom. The fraction of sp³-hybridized carbons (Fsp3) is 1.00. The molecule has 0 aromatic carbocycles. The van der Waals surface area contributed by atoms with E-state index in [0.29, 0.717) is 5.92 Å². The second kappa shape index (κ2) is 2.97. The Labute approximate surface area is 86.0 Å². The van der Waals surface area contributed by atoms with Crippen LogP contribution < -0.4 is 0 Å². The van der Waals surface area contributed by atoms with Crippen LogP contribution in [0.15, 0.2) is 0 Å². The van der Waals surface area contributed by atoms with Gasteiger partial charge >= 0.3 is 0 Å². The summed E-state index contributed by atoms with van der Waals surface area (Å²) in [6.45, 7) is 0. The second-order valence-electron chi connectivity index (χ2n) is 5.36. The van der Waals surface area contributed by atoms with Gasteiger partial charge in [0.15, 0.2) is 9.84 Å². The van der Waals surface area contributed by atoms with Crippen molar-refractivity contribution in [3.8, 4) is 0 Å². The van der Waals surface area contributed by atoms with Gasteiger partial charge in [0, 0.05) is 0 Å². The summed E-state index contributed by atoms with van der Waals surface area (Å²) in [4.78, 5) is 0. The zero-order valence-electron chi connectivity index (χ0n) is 8.48. The molecular weight excluding hydrogens is 196 g/mol. The number of sulfone groups is 1. The van der Waals surface area contributed by atoms with Gasteiger partial charge in [0.05, 0.1) is 10.5 Å². The zero-order chi connectivity index (χ0) is 9.76. The van der Waals surface area contributed by atoms with E-state index in [1.807, 2.05) is 0 Å². The molecule has 14 heavy (non-hydrogen) atoms. The first-order valence-corrected chi connectivity index (χ1v) is 7.51. The van der Waals surface area contributed by atoms with Gasteiger partial charge in [0.2, 0.25) is 0 Å². The van der Waals surface area contributed by atoms with Crippen molar-refractivity contribution in [1.29, 1.82) is 0 Å². The minimum atomic E-state index is -2.72. The summed E-state index contributed by atoms with van der Waals surface area (Å²) in [5, 5.41) is 0.108. The Morgan fingerprint density at radius 2 is 1.86 bits per heavy atom. The molecule has 2 aliphatic carbocycles. The summed E-state index contributed by atoms with van der Waals surface area (Å²) in [5.74, 6) is 1.29. The smallest absolute Gasteiger partial charge is 0.156 e. The molecule has 0 aromatic heterocycles. The van der Waals surface area contributed by atoms with Gasteiger partial charge in [-0.3, -0.25) is 0 Å². The van der Waals surface area contributed by atoms with E-state index in [2.05, 4.69) is 0 Å². The average molecular weight is 214 g/mol. The van der Waals surface area contributed by atoms with Crippen LogP contribution in [0, 0.1) is 11.8 Å². The molecule has 3 rings (SSSR count). The third-order valence-corrected chi connectivity index (χ3v) is 7.11.